The number of sulfonamides is 2. The van der Waals surface area contributed by atoms with Crippen molar-refractivity contribution in [2.24, 2.45) is 0 Å². The summed E-state index contributed by atoms with van der Waals surface area (Å²) in [6.07, 6.45) is 0. The first-order valence-electron chi connectivity index (χ1n) is 9.54. The van der Waals surface area contributed by atoms with Crippen molar-refractivity contribution in [3.8, 4) is 0 Å². The summed E-state index contributed by atoms with van der Waals surface area (Å²) in [4.78, 5) is 9.86. The molecule has 0 aromatic heterocycles. The zero-order chi connectivity index (χ0) is 23.6. The Hall–Kier alpha value is -3.96. The van der Waals surface area contributed by atoms with Gasteiger partial charge in [0.05, 0.1) is 20.4 Å². The predicted octanol–water partition coefficient (Wildman–Crippen LogP) is 4.35. The average Bonchev–Trinajstić information content (AvgIpc) is 2.79. The topological polar surface area (TPSA) is 135 Å². The molecule has 0 atom stereocenters. The molecule has 2 N–H and O–H groups in total. The number of nitrogens with one attached hydrogen (secondary N) is 2. The van der Waals surface area contributed by atoms with E-state index in [2.05, 4.69) is 9.44 Å². The highest BCUT2D eigenvalue weighted by Gasteiger charge is 2.19. The van der Waals surface area contributed by atoms with Crippen LogP contribution in [-0.2, 0) is 20.0 Å². The van der Waals surface area contributed by atoms with Gasteiger partial charge in [-0.1, -0.05) is 42.5 Å². The number of non-ortho nitro benzene ring substituents is 1. The molecule has 0 aliphatic heterocycles. The number of fused-ring (bicyclic) bond motifs is 1. The zero-order valence-corrected chi connectivity index (χ0v) is 18.5. The smallest absolute Gasteiger partial charge is 0.270 e. The van der Waals surface area contributed by atoms with Crippen LogP contribution in [0.25, 0.3) is 10.8 Å². The summed E-state index contributed by atoms with van der Waals surface area (Å²) in [5.74, 6) is 0. The summed E-state index contributed by atoms with van der Waals surface area (Å²) in [5.41, 5.74) is 0.160. The molecule has 11 heteroatoms. The highest BCUT2D eigenvalue weighted by molar-refractivity contribution is 7.93. The van der Waals surface area contributed by atoms with Gasteiger partial charge in [0, 0.05) is 23.2 Å². The maximum Gasteiger partial charge on any atom is 0.270 e. The van der Waals surface area contributed by atoms with Gasteiger partial charge in [-0.05, 0) is 41.8 Å². The van der Waals surface area contributed by atoms with Crippen LogP contribution in [0.3, 0.4) is 0 Å². The quantitative estimate of drug-likeness (QED) is 0.296. The van der Waals surface area contributed by atoms with Crippen molar-refractivity contribution in [1.29, 1.82) is 0 Å². The van der Waals surface area contributed by atoms with E-state index in [1.807, 2.05) is 24.3 Å². The van der Waals surface area contributed by atoms with Crippen LogP contribution in [0.5, 0.6) is 0 Å². The molecule has 0 bridgehead atoms. The Morgan fingerprint density at radius 1 is 0.667 bits per heavy atom. The van der Waals surface area contributed by atoms with Gasteiger partial charge in [0.2, 0.25) is 0 Å². The Balaban J connectivity index is 1.56. The minimum Gasteiger partial charge on any atom is -0.280 e. The van der Waals surface area contributed by atoms with Crippen LogP contribution in [0.4, 0.5) is 17.1 Å². The van der Waals surface area contributed by atoms with E-state index < -0.39 is 25.0 Å². The van der Waals surface area contributed by atoms with Gasteiger partial charge in [-0.3, -0.25) is 19.6 Å². The number of benzene rings is 4. The van der Waals surface area contributed by atoms with Gasteiger partial charge in [-0.2, -0.15) is 0 Å². The third-order valence-electron chi connectivity index (χ3n) is 4.79. The zero-order valence-electron chi connectivity index (χ0n) is 16.9. The van der Waals surface area contributed by atoms with Crippen LogP contribution in [0, 0.1) is 10.1 Å². The lowest BCUT2D eigenvalue weighted by atomic mass is 10.1. The largest absolute Gasteiger partial charge is 0.280 e. The Kier molecular flexibility index (Phi) is 5.75. The Labute approximate surface area is 190 Å². The van der Waals surface area contributed by atoms with E-state index in [1.165, 1.54) is 42.5 Å². The second-order valence-electron chi connectivity index (χ2n) is 7.02. The molecule has 4 aromatic carbocycles. The molecule has 33 heavy (non-hydrogen) atoms. The summed E-state index contributed by atoms with van der Waals surface area (Å²) in [7, 11) is -8.04. The summed E-state index contributed by atoms with van der Waals surface area (Å²) in [6.45, 7) is 0. The van der Waals surface area contributed by atoms with Crippen LogP contribution in [0.15, 0.2) is 101 Å². The Morgan fingerprint density at radius 3 is 2.03 bits per heavy atom. The van der Waals surface area contributed by atoms with Crippen molar-refractivity contribution in [3.63, 3.8) is 0 Å². The van der Waals surface area contributed by atoms with Gasteiger partial charge < -0.3 is 0 Å². The molecule has 0 spiro atoms. The first-order valence-corrected chi connectivity index (χ1v) is 12.5. The summed E-state index contributed by atoms with van der Waals surface area (Å²) >= 11 is 0. The maximum absolute atomic E-state index is 12.9. The van der Waals surface area contributed by atoms with Crippen LogP contribution in [-0.4, -0.2) is 21.8 Å². The normalized spacial score (nSPS) is 11.8. The number of nitro benzene ring substituents is 1. The van der Waals surface area contributed by atoms with Crippen LogP contribution < -0.4 is 9.44 Å². The first kappa shape index (κ1) is 22.2. The number of hydrogen-bond donors (Lipinski definition) is 2. The van der Waals surface area contributed by atoms with E-state index in [0.717, 1.165) is 16.8 Å². The van der Waals surface area contributed by atoms with Crippen molar-refractivity contribution in [1.82, 2.24) is 0 Å². The van der Waals surface area contributed by atoms with E-state index in [1.54, 1.807) is 18.2 Å². The minimum absolute atomic E-state index is 0.0614. The van der Waals surface area contributed by atoms with Gasteiger partial charge in [-0.15, -0.1) is 0 Å². The SMILES string of the molecule is O=[N+]([O-])c1cccc(S(=O)(=O)Nc2ccc(S(=O)(=O)Nc3cccc4ccccc34)cc2)c1. The molecule has 0 aliphatic rings. The summed E-state index contributed by atoms with van der Waals surface area (Å²) in [6, 6.07) is 22.3. The van der Waals surface area contributed by atoms with Crippen molar-refractivity contribution < 1.29 is 21.8 Å². The fraction of sp³-hybridized carbons (Fsp3) is 0. The lowest BCUT2D eigenvalue weighted by Crippen LogP contribution is -2.15. The third kappa shape index (κ3) is 4.78. The number of nitro groups is 1. The Bertz CT molecular complexity index is 1560. The molecule has 0 radical (unpaired) electrons. The Morgan fingerprint density at radius 2 is 1.30 bits per heavy atom. The van der Waals surface area contributed by atoms with Gasteiger partial charge in [-0.25, -0.2) is 16.8 Å². The van der Waals surface area contributed by atoms with Crippen LogP contribution in [0.1, 0.15) is 0 Å². The monoisotopic (exact) mass is 483 g/mol. The van der Waals surface area contributed by atoms with Gasteiger partial charge in [0.15, 0.2) is 0 Å². The van der Waals surface area contributed by atoms with E-state index in [-0.39, 0.29) is 21.2 Å². The van der Waals surface area contributed by atoms with E-state index in [9.17, 15) is 26.9 Å². The maximum atomic E-state index is 12.9. The molecule has 0 unspecified atom stereocenters. The predicted molar refractivity (Wildman–Crippen MR) is 125 cm³/mol. The molecule has 0 heterocycles. The molecule has 0 fully saturated rings. The van der Waals surface area contributed by atoms with E-state index in [0.29, 0.717) is 5.69 Å². The second kappa shape index (κ2) is 8.52. The van der Waals surface area contributed by atoms with Crippen molar-refractivity contribution in [2.45, 2.75) is 9.79 Å². The van der Waals surface area contributed by atoms with Gasteiger partial charge in [0.1, 0.15) is 0 Å². The average molecular weight is 484 g/mol. The number of anilines is 2. The first-order chi connectivity index (χ1) is 15.7. The summed E-state index contributed by atoms with van der Waals surface area (Å²) in [5, 5.41) is 12.5. The molecule has 9 nitrogen and oxygen atoms in total. The molecule has 0 saturated carbocycles. The minimum atomic E-state index is -4.11. The van der Waals surface area contributed by atoms with Crippen molar-refractivity contribution in [2.75, 3.05) is 9.44 Å². The molecular weight excluding hydrogens is 466 g/mol. The lowest BCUT2D eigenvalue weighted by molar-refractivity contribution is -0.385. The fourth-order valence-electron chi connectivity index (χ4n) is 3.20. The molecule has 168 valence electrons. The molecular formula is C22H17N3O6S2. The van der Waals surface area contributed by atoms with Gasteiger partial charge in [0.25, 0.3) is 25.7 Å². The fourth-order valence-corrected chi connectivity index (χ4v) is 5.38. The highest BCUT2D eigenvalue weighted by Crippen LogP contribution is 2.26. The van der Waals surface area contributed by atoms with Gasteiger partial charge >= 0.3 is 0 Å². The third-order valence-corrected chi connectivity index (χ3v) is 7.55. The highest BCUT2D eigenvalue weighted by atomic mass is 32.2. The van der Waals surface area contributed by atoms with Crippen molar-refractivity contribution in [3.05, 3.63) is 101 Å². The van der Waals surface area contributed by atoms with Crippen molar-refractivity contribution >= 4 is 47.9 Å². The molecule has 4 aromatic rings. The van der Waals surface area contributed by atoms with Crippen LogP contribution >= 0.6 is 0 Å². The molecule has 0 aliphatic carbocycles. The lowest BCUT2D eigenvalue weighted by Gasteiger charge is -2.12. The number of rotatable bonds is 7. The second-order valence-corrected chi connectivity index (χ2v) is 10.4. The van der Waals surface area contributed by atoms with Crippen LogP contribution in [0.2, 0.25) is 0 Å². The molecule has 4 rings (SSSR count). The summed E-state index contributed by atoms with van der Waals surface area (Å²) < 4.78 is 55.7. The number of nitrogens with zero attached hydrogens (tertiary/aromatic N) is 1. The number of hydrogen-bond acceptors (Lipinski definition) is 6. The molecule has 0 amide bonds. The van der Waals surface area contributed by atoms with E-state index >= 15 is 0 Å². The van der Waals surface area contributed by atoms with E-state index in [4.69, 9.17) is 0 Å². The standard InChI is InChI=1S/C22H17N3O6S2/c26-25(27)18-7-4-8-20(15-18)33(30,31)23-17-11-13-19(14-12-17)32(28,29)24-22-10-3-6-16-5-1-2-9-21(16)22/h1-15,23-24H. The molecule has 0 saturated heterocycles.